The normalized spacial score (nSPS) is 23.8. The Morgan fingerprint density at radius 3 is 1.86 bits per heavy atom. The first-order valence-electron chi connectivity index (χ1n) is 30.9. The van der Waals surface area contributed by atoms with Crippen molar-refractivity contribution in [2.24, 2.45) is 22.2 Å². The maximum Gasteiger partial charge on any atom is 0.315 e. The molecule has 1 aromatic heterocycles. The second kappa shape index (κ2) is 37.6. The number of nitrogens with one attached hydrogen (secondary N) is 9. The van der Waals surface area contributed by atoms with Crippen molar-refractivity contribution >= 4 is 76.8 Å². The Kier molecular flexibility index (Phi) is 29.6. The zero-order valence-corrected chi connectivity index (χ0v) is 52.7. The molecule has 504 valence electrons. The summed E-state index contributed by atoms with van der Waals surface area (Å²) in [5, 5.41) is 53.1. The van der Waals surface area contributed by atoms with Crippen LogP contribution < -0.4 is 65.1 Å². The van der Waals surface area contributed by atoms with Crippen LogP contribution in [0.15, 0.2) is 59.7 Å². The number of urea groups is 1. The van der Waals surface area contributed by atoms with Crippen LogP contribution in [-0.4, -0.2) is 202 Å². The summed E-state index contributed by atoms with van der Waals surface area (Å²) in [6, 6.07) is 2.41. The number of primary amides is 1. The van der Waals surface area contributed by atoms with Crippen LogP contribution in [0.3, 0.4) is 0 Å². The third kappa shape index (κ3) is 25.2. The van der Waals surface area contributed by atoms with Crippen LogP contribution in [-0.2, 0) is 83.2 Å². The van der Waals surface area contributed by atoms with Gasteiger partial charge in [-0.1, -0.05) is 35.9 Å². The molecule has 4 heterocycles. The number of phenols is 2. The van der Waals surface area contributed by atoms with E-state index in [4.69, 9.17) is 31.4 Å². The van der Waals surface area contributed by atoms with Crippen LogP contribution >= 0.6 is 11.8 Å². The molecule has 2 aromatic carbocycles. The van der Waals surface area contributed by atoms with E-state index in [1.54, 1.807) is 6.20 Å². The summed E-state index contributed by atoms with van der Waals surface area (Å²) in [5.74, 6) is -5.86. The molecule has 2 bridgehead atoms. The fourth-order valence-corrected chi connectivity index (χ4v) is 11.9. The molecule has 0 aliphatic carbocycles. The van der Waals surface area contributed by atoms with Gasteiger partial charge < -0.3 is 89.5 Å². The number of aromatic hydroxyl groups is 2. The monoisotopic (exact) mass is 1300 g/mol. The average molecular weight is 1310 g/mol. The molecule has 31 nitrogen and oxygen atoms in total. The molecule has 6 rings (SSSR count). The van der Waals surface area contributed by atoms with Crippen molar-refractivity contribution < 1.29 is 72.4 Å². The van der Waals surface area contributed by atoms with Gasteiger partial charge >= 0.3 is 6.03 Å². The summed E-state index contributed by atoms with van der Waals surface area (Å²) in [5.41, 5.74) is 18.1. The molecule has 0 spiro atoms. The lowest BCUT2D eigenvalue weighted by Gasteiger charge is -2.27. The minimum Gasteiger partial charge on any atom is -0.508 e. The third-order valence-corrected chi connectivity index (χ3v) is 16.9. The van der Waals surface area contributed by atoms with Gasteiger partial charge in [0.15, 0.2) is 5.96 Å². The molecule has 3 aromatic rings. The highest BCUT2D eigenvalue weighted by Gasteiger charge is 2.42. The predicted molar refractivity (Wildman–Crippen MR) is 336 cm³/mol. The standard InChI is InChI=1S/C60H88N16O15S/c1-35-53(82)70-45(29-37-14-18-41(78)19-15-37)57(86)68-43(52(61)81)11-5-6-23-76-32-39(74-75-76)31-47(67-50(80)33-91-28-27-90-26-25-89-24-8-10-40(77)9-3-4-13-49-51-48(34-92-49)72-60(88)73-51)56(85)66-36(2)54(83)71-46(30-38-16-20-42(79)21-17-38)58(87)69-44(55(84)65-35)12-7-22-64-59(62)63/h14-21,32,35-36,43-49,51,78-79H,3-13,22-31,33-34H2,1-2H3,(H2,61,81)(H,65,84)(H,66,85)(H,67,80)(H,68,86)(H,69,87)(H,70,82)(H,71,83)(H4,62,63,64)(H2,72,73,88)/t35-,36-,43+,44-,45-,46-,47+,48-,49-,51-/m1/s1. The van der Waals surface area contributed by atoms with Crippen LogP contribution in [0.25, 0.3) is 0 Å². The molecule has 10 atom stereocenters. The number of carbonyl (C=O) groups excluding carboxylic acids is 10. The lowest BCUT2D eigenvalue weighted by atomic mass is 10.0. The summed E-state index contributed by atoms with van der Waals surface area (Å²) in [6.07, 6.45) is 6.01. The van der Waals surface area contributed by atoms with E-state index in [9.17, 15) is 58.2 Å². The molecular weight excluding hydrogens is 1220 g/mol. The quantitative estimate of drug-likeness (QED) is 0.0170. The number of fused-ring (bicyclic) bond motifs is 3. The number of aryl methyl sites for hydroxylation is 1. The minimum absolute atomic E-state index is 0.00286. The summed E-state index contributed by atoms with van der Waals surface area (Å²) < 4.78 is 18.2. The number of phenolic OH excluding ortho intramolecular Hbond substituents is 2. The van der Waals surface area contributed by atoms with Crippen molar-refractivity contribution in [3.05, 3.63) is 71.5 Å². The highest BCUT2D eigenvalue weighted by Crippen LogP contribution is 2.33. The van der Waals surface area contributed by atoms with Gasteiger partial charge in [0.25, 0.3) is 0 Å². The number of unbranched alkanes of at least 4 members (excludes halogenated alkanes) is 1. The highest BCUT2D eigenvalue weighted by molar-refractivity contribution is 8.00. The Hall–Kier alpha value is -8.62. The minimum atomic E-state index is -1.44. The van der Waals surface area contributed by atoms with E-state index in [1.807, 2.05) is 11.8 Å². The Morgan fingerprint density at radius 2 is 1.23 bits per heavy atom. The summed E-state index contributed by atoms with van der Waals surface area (Å²) in [6.45, 7) is 3.48. The Balaban J connectivity index is 1.09. The molecule has 3 aliphatic rings. The van der Waals surface area contributed by atoms with Crippen LogP contribution in [0.5, 0.6) is 11.5 Å². The number of nitrogens with two attached hydrogens (primary N) is 3. The van der Waals surface area contributed by atoms with Gasteiger partial charge in [0, 0.05) is 69.0 Å². The van der Waals surface area contributed by atoms with E-state index in [0.29, 0.717) is 55.1 Å². The first-order valence-corrected chi connectivity index (χ1v) is 32.0. The number of benzene rings is 2. The molecule has 2 saturated heterocycles. The Bertz CT molecular complexity index is 2990. The fraction of sp³-hybridized carbons (Fsp3) is 0.583. The van der Waals surface area contributed by atoms with Crippen molar-refractivity contribution in [1.82, 2.24) is 62.8 Å². The van der Waals surface area contributed by atoms with Gasteiger partial charge in [0.05, 0.1) is 44.2 Å². The zero-order chi connectivity index (χ0) is 66.5. The van der Waals surface area contributed by atoms with Crippen LogP contribution in [0.1, 0.15) is 101 Å². The number of amides is 10. The maximum atomic E-state index is 14.4. The fourth-order valence-electron chi connectivity index (χ4n) is 10.3. The Labute approximate surface area is 537 Å². The number of ether oxygens (including phenoxy) is 3. The maximum absolute atomic E-state index is 14.4. The first-order chi connectivity index (χ1) is 44.1. The van der Waals surface area contributed by atoms with Gasteiger partial charge in [-0.2, -0.15) is 11.8 Å². The van der Waals surface area contributed by atoms with Gasteiger partial charge in [0.1, 0.15) is 66.2 Å². The van der Waals surface area contributed by atoms with Crippen molar-refractivity contribution in [2.45, 2.75) is 170 Å². The topological polar surface area (TPSA) is 468 Å². The Morgan fingerprint density at radius 1 is 0.652 bits per heavy atom. The van der Waals surface area contributed by atoms with Crippen LogP contribution in [0.4, 0.5) is 4.79 Å². The van der Waals surface area contributed by atoms with E-state index >= 15 is 0 Å². The zero-order valence-electron chi connectivity index (χ0n) is 51.9. The lowest BCUT2D eigenvalue weighted by molar-refractivity contribution is -0.135. The molecule has 17 N–H and O–H groups in total. The van der Waals surface area contributed by atoms with E-state index in [-0.39, 0.29) is 125 Å². The van der Waals surface area contributed by atoms with Crippen LogP contribution in [0.2, 0.25) is 0 Å². The van der Waals surface area contributed by atoms with Crippen molar-refractivity contribution in [3.8, 4) is 11.5 Å². The summed E-state index contributed by atoms with van der Waals surface area (Å²) >= 11 is 1.86. The number of rotatable bonds is 27. The van der Waals surface area contributed by atoms with Gasteiger partial charge in [-0.25, -0.2) is 4.79 Å². The largest absolute Gasteiger partial charge is 0.508 e. The summed E-state index contributed by atoms with van der Waals surface area (Å²) in [4.78, 5) is 139. The van der Waals surface area contributed by atoms with Gasteiger partial charge in [0.2, 0.25) is 47.3 Å². The lowest BCUT2D eigenvalue weighted by Crippen LogP contribution is -2.60. The van der Waals surface area contributed by atoms with E-state index in [0.717, 1.165) is 25.0 Å². The number of ketones is 1. The number of guanidine groups is 1. The smallest absolute Gasteiger partial charge is 0.315 e. The molecule has 92 heavy (non-hydrogen) atoms. The number of Topliss-reactive ketones (excluding diaryl/α,β-unsaturated/α-hetero) is 1. The molecule has 0 radical (unpaired) electrons. The predicted octanol–water partition coefficient (Wildman–Crippen LogP) is -2.00. The number of nitrogens with zero attached hydrogens (tertiary/aromatic N) is 4. The molecule has 0 unspecified atom stereocenters. The molecular formula is C60H88N16O15S. The second-order valence-electron chi connectivity index (χ2n) is 22.9. The number of hydrogen-bond acceptors (Lipinski definition) is 19. The summed E-state index contributed by atoms with van der Waals surface area (Å²) in [7, 11) is 0. The molecule has 3 aliphatic heterocycles. The van der Waals surface area contributed by atoms with E-state index in [2.05, 4.69) is 63.2 Å². The van der Waals surface area contributed by atoms with Crippen LogP contribution in [0, 0.1) is 0 Å². The highest BCUT2D eigenvalue weighted by atomic mass is 32.2. The second-order valence-corrected chi connectivity index (χ2v) is 24.1. The SMILES string of the molecule is C[C@H]1NC(=O)[C@@H](NC(=O)COCCOCCOCCCC(=O)CCCC[C@H]2SC[C@H]3NC(=O)N[C@H]32)Cc2cn(nn2)CCCC[C@@H](C(N)=O)NC(=O)[C@@H](Cc2ccc(O)cc2)NC(=O)[C@@H](C)NC(=O)[C@@H](CCCN=C(N)N)NC(=O)[C@@H](Cc2ccc(O)cc2)NC1=O. The number of hydrogen-bond donors (Lipinski definition) is 14. The van der Waals surface area contributed by atoms with E-state index in [1.165, 1.54) is 67.1 Å². The molecule has 10 amide bonds. The average Bonchev–Trinajstić information content (AvgIpc) is 1.67. The van der Waals surface area contributed by atoms with Crippen molar-refractivity contribution in [2.75, 3.05) is 51.9 Å². The third-order valence-electron chi connectivity index (χ3n) is 15.4. The van der Waals surface area contributed by atoms with Crippen molar-refractivity contribution in [1.29, 1.82) is 0 Å². The molecule has 2 fully saturated rings. The van der Waals surface area contributed by atoms with Gasteiger partial charge in [-0.3, -0.25) is 52.8 Å². The number of aliphatic imine (C=N–C) groups is 1. The number of carbonyl (C=O) groups is 10. The van der Waals surface area contributed by atoms with Gasteiger partial charge in [-0.15, -0.1) is 5.10 Å². The number of thioether (sulfide) groups is 1. The van der Waals surface area contributed by atoms with E-state index < -0.39 is 96.2 Å². The number of aromatic nitrogens is 3. The molecule has 32 heteroatoms. The molecule has 0 saturated carbocycles. The first kappa shape index (κ1) is 72.4. The van der Waals surface area contributed by atoms with Crippen molar-refractivity contribution in [3.63, 3.8) is 0 Å². The van der Waals surface area contributed by atoms with Gasteiger partial charge in [-0.05, 0) is 101 Å².